The average molecular weight is 557 g/mol. The predicted octanol–water partition coefficient (Wildman–Crippen LogP) is 5.94. The van der Waals surface area contributed by atoms with E-state index >= 15 is 0 Å². The molecule has 1 atom stereocenters. The van der Waals surface area contributed by atoms with Crippen molar-refractivity contribution >= 4 is 24.3 Å². The second kappa shape index (κ2) is 13.0. The highest BCUT2D eigenvalue weighted by Gasteiger charge is 2.35. The van der Waals surface area contributed by atoms with Crippen LogP contribution < -0.4 is 5.32 Å². The lowest BCUT2D eigenvalue weighted by molar-refractivity contribution is -0.138. The maximum Gasteiger partial charge on any atom is 0.417 e. The number of carboxylic acid groups (broad SMARTS) is 1. The van der Waals surface area contributed by atoms with Gasteiger partial charge in [0.15, 0.2) is 5.69 Å². The number of rotatable bonds is 9. The maximum absolute atomic E-state index is 13.8. The fourth-order valence-corrected chi connectivity index (χ4v) is 5.74. The van der Waals surface area contributed by atoms with Gasteiger partial charge in [-0.3, -0.25) is 14.3 Å². The largest absolute Gasteiger partial charge is 0.481 e. The first kappa shape index (κ1) is 30.0. The van der Waals surface area contributed by atoms with Gasteiger partial charge >= 0.3 is 12.1 Å². The van der Waals surface area contributed by atoms with Crippen molar-refractivity contribution in [3.05, 3.63) is 41.6 Å². The van der Waals surface area contributed by atoms with Crippen molar-refractivity contribution in [3.63, 3.8) is 0 Å². The predicted molar refractivity (Wildman–Crippen MR) is 140 cm³/mol. The number of benzene rings is 1. The Morgan fingerprint density at radius 2 is 1.74 bits per heavy atom. The van der Waals surface area contributed by atoms with Crippen LogP contribution in [0.25, 0.3) is 11.3 Å². The van der Waals surface area contributed by atoms with Crippen molar-refractivity contribution in [3.8, 4) is 11.3 Å². The highest BCUT2D eigenvalue weighted by Crippen LogP contribution is 2.40. The molecule has 0 saturated heterocycles. The van der Waals surface area contributed by atoms with Gasteiger partial charge in [0, 0.05) is 18.2 Å². The standard InChI is InChI=1S/C27H35F3N4O3.ClH/c1-33(19-9-3-2-4-10-19)17-18(15-25(35)36)31-26(37)23-16-24(34(32-23)20-11-5-6-12-20)21-13-7-8-14-22(21)27(28,29)30;/h7-8,13-14,16,18-20H,2-6,9-12,15,17H2,1H3,(H,31,37)(H,35,36);1H/t18-;/m1./s1. The van der Waals surface area contributed by atoms with Gasteiger partial charge in [-0.05, 0) is 44.9 Å². The SMILES string of the molecule is CN(C[C@@H](CC(=O)O)NC(=O)c1cc(-c2ccccc2C(F)(F)F)n(C2CCCC2)n1)C1CCCCC1.Cl. The Bertz CT molecular complexity index is 1100. The molecule has 11 heteroatoms. The van der Waals surface area contributed by atoms with Gasteiger partial charge in [-0.1, -0.05) is 50.3 Å². The van der Waals surface area contributed by atoms with Crippen molar-refractivity contribution in [1.29, 1.82) is 0 Å². The number of nitrogens with one attached hydrogen (secondary N) is 1. The van der Waals surface area contributed by atoms with Gasteiger partial charge in [-0.25, -0.2) is 0 Å². The average Bonchev–Trinajstić information content (AvgIpc) is 3.54. The molecule has 1 heterocycles. The molecule has 2 aliphatic carbocycles. The van der Waals surface area contributed by atoms with E-state index in [-0.39, 0.29) is 41.8 Å². The lowest BCUT2D eigenvalue weighted by Gasteiger charge is -2.33. The van der Waals surface area contributed by atoms with Crippen LogP contribution in [0, 0.1) is 0 Å². The molecule has 2 N–H and O–H groups in total. The van der Waals surface area contributed by atoms with Crippen LogP contribution in [0.3, 0.4) is 0 Å². The minimum absolute atomic E-state index is 0. The first-order valence-electron chi connectivity index (χ1n) is 13.1. The quantitative estimate of drug-likeness (QED) is 0.399. The third kappa shape index (κ3) is 7.28. The monoisotopic (exact) mass is 556 g/mol. The Hall–Kier alpha value is -2.59. The van der Waals surface area contributed by atoms with Crippen LogP contribution in [0.15, 0.2) is 30.3 Å². The minimum atomic E-state index is -4.56. The summed E-state index contributed by atoms with van der Waals surface area (Å²) in [5, 5.41) is 16.7. The Labute approximate surface area is 227 Å². The highest BCUT2D eigenvalue weighted by atomic mass is 35.5. The summed E-state index contributed by atoms with van der Waals surface area (Å²) in [6, 6.07) is 6.32. The molecule has 0 radical (unpaired) electrons. The number of likely N-dealkylation sites (N-methyl/N-ethyl adjacent to an activating group) is 1. The molecule has 2 aromatic rings. The van der Waals surface area contributed by atoms with Gasteiger partial charge < -0.3 is 15.3 Å². The van der Waals surface area contributed by atoms with E-state index in [9.17, 15) is 27.9 Å². The molecule has 0 bridgehead atoms. The molecule has 38 heavy (non-hydrogen) atoms. The number of carbonyl (C=O) groups is 2. The summed E-state index contributed by atoms with van der Waals surface area (Å²) in [4.78, 5) is 26.9. The van der Waals surface area contributed by atoms with Crippen LogP contribution in [0.1, 0.15) is 86.3 Å². The summed E-state index contributed by atoms with van der Waals surface area (Å²) in [7, 11) is 1.94. The van der Waals surface area contributed by atoms with E-state index in [1.807, 2.05) is 7.05 Å². The van der Waals surface area contributed by atoms with Crippen molar-refractivity contribution in [2.24, 2.45) is 0 Å². The van der Waals surface area contributed by atoms with Crippen LogP contribution in [-0.4, -0.2) is 57.3 Å². The summed E-state index contributed by atoms with van der Waals surface area (Å²) in [5.74, 6) is -1.61. The molecule has 2 saturated carbocycles. The van der Waals surface area contributed by atoms with Gasteiger partial charge in [0.25, 0.3) is 5.91 Å². The zero-order valence-corrected chi connectivity index (χ0v) is 22.4. The summed E-state index contributed by atoms with van der Waals surface area (Å²) in [6.45, 7) is 0.371. The number of halogens is 4. The molecule has 0 spiro atoms. The number of aromatic nitrogens is 2. The lowest BCUT2D eigenvalue weighted by Crippen LogP contribution is -2.47. The minimum Gasteiger partial charge on any atom is -0.481 e. The molecule has 0 aliphatic heterocycles. The maximum atomic E-state index is 13.8. The van der Waals surface area contributed by atoms with E-state index in [2.05, 4.69) is 15.3 Å². The number of hydrogen-bond donors (Lipinski definition) is 2. The molecular formula is C27H36ClF3N4O3. The third-order valence-corrected chi connectivity index (χ3v) is 7.61. The van der Waals surface area contributed by atoms with E-state index in [1.165, 1.54) is 24.6 Å². The summed E-state index contributed by atoms with van der Waals surface area (Å²) < 4.78 is 43.0. The Kier molecular flexibility index (Phi) is 10.2. The number of nitrogens with zero attached hydrogens (tertiary/aromatic N) is 3. The van der Waals surface area contributed by atoms with Gasteiger partial charge in [0.05, 0.1) is 29.8 Å². The van der Waals surface area contributed by atoms with Crippen LogP contribution in [-0.2, 0) is 11.0 Å². The van der Waals surface area contributed by atoms with Crippen LogP contribution in [0.2, 0.25) is 0 Å². The number of amides is 1. The lowest BCUT2D eigenvalue weighted by atomic mass is 9.94. The number of aliphatic carboxylic acids is 1. The Balaban J connectivity index is 0.00000400. The van der Waals surface area contributed by atoms with E-state index in [0.29, 0.717) is 12.6 Å². The fourth-order valence-electron chi connectivity index (χ4n) is 5.74. The summed E-state index contributed by atoms with van der Waals surface area (Å²) in [6.07, 6.45) is 4.17. The zero-order chi connectivity index (χ0) is 26.6. The second-order valence-electron chi connectivity index (χ2n) is 10.3. The first-order valence-corrected chi connectivity index (χ1v) is 13.1. The van der Waals surface area contributed by atoms with E-state index in [4.69, 9.17) is 0 Å². The van der Waals surface area contributed by atoms with Crippen LogP contribution in [0.4, 0.5) is 13.2 Å². The zero-order valence-electron chi connectivity index (χ0n) is 21.5. The molecule has 7 nitrogen and oxygen atoms in total. The van der Waals surface area contributed by atoms with Crippen LogP contribution >= 0.6 is 12.4 Å². The van der Waals surface area contributed by atoms with E-state index in [1.54, 1.807) is 10.7 Å². The normalized spacial score (nSPS) is 17.8. The smallest absolute Gasteiger partial charge is 0.417 e. The van der Waals surface area contributed by atoms with Crippen molar-refractivity contribution in [1.82, 2.24) is 20.0 Å². The molecule has 1 amide bonds. The summed E-state index contributed by atoms with van der Waals surface area (Å²) in [5.41, 5.74) is -0.555. The summed E-state index contributed by atoms with van der Waals surface area (Å²) >= 11 is 0. The van der Waals surface area contributed by atoms with Gasteiger partial charge in [0.1, 0.15) is 0 Å². The van der Waals surface area contributed by atoms with Gasteiger partial charge in [-0.2, -0.15) is 18.3 Å². The molecule has 4 rings (SSSR count). The van der Waals surface area contributed by atoms with Crippen molar-refractivity contribution < 1.29 is 27.9 Å². The van der Waals surface area contributed by atoms with Crippen molar-refractivity contribution in [2.45, 2.75) is 88.5 Å². The number of carbonyl (C=O) groups excluding carboxylic acids is 1. The van der Waals surface area contributed by atoms with Gasteiger partial charge in [0.2, 0.25) is 0 Å². The molecule has 2 aliphatic rings. The van der Waals surface area contributed by atoms with Gasteiger partial charge in [-0.15, -0.1) is 12.4 Å². The van der Waals surface area contributed by atoms with E-state index in [0.717, 1.165) is 57.4 Å². The molecule has 210 valence electrons. The van der Waals surface area contributed by atoms with Crippen LogP contribution in [0.5, 0.6) is 0 Å². The third-order valence-electron chi connectivity index (χ3n) is 7.61. The van der Waals surface area contributed by atoms with Crippen molar-refractivity contribution in [2.75, 3.05) is 13.6 Å². The Morgan fingerprint density at radius 1 is 1.11 bits per heavy atom. The molecule has 0 unspecified atom stereocenters. The molecule has 2 fully saturated rings. The topological polar surface area (TPSA) is 87.5 Å². The highest BCUT2D eigenvalue weighted by molar-refractivity contribution is 5.94. The molecular weight excluding hydrogens is 521 g/mol. The Morgan fingerprint density at radius 3 is 2.37 bits per heavy atom. The first-order chi connectivity index (χ1) is 17.6. The number of hydrogen-bond acceptors (Lipinski definition) is 4. The fraction of sp³-hybridized carbons (Fsp3) is 0.593. The number of carboxylic acids is 1. The molecule has 1 aromatic carbocycles. The van der Waals surface area contributed by atoms with E-state index < -0.39 is 29.7 Å². The molecule has 1 aromatic heterocycles. The second-order valence-corrected chi connectivity index (χ2v) is 10.3. The number of alkyl halides is 3.